The van der Waals surface area contributed by atoms with Gasteiger partial charge in [0.1, 0.15) is 0 Å². The Hall–Kier alpha value is -0.120. The Kier molecular flexibility index (Phi) is 7.09. The van der Waals surface area contributed by atoms with Crippen LogP contribution in [0.5, 0.6) is 0 Å². The van der Waals surface area contributed by atoms with Crippen molar-refractivity contribution in [2.24, 2.45) is 5.92 Å². The third-order valence-corrected chi connectivity index (χ3v) is 3.65. The minimum absolute atomic E-state index is 0.616. The van der Waals surface area contributed by atoms with E-state index < -0.39 is 0 Å². The first kappa shape index (κ1) is 14.9. The van der Waals surface area contributed by atoms with Gasteiger partial charge in [-0.3, -0.25) is 4.90 Å². The van der Waals surface area contributed by atoms with E-state index in [0.29, 0.717) is 12.1 Å². The van der Waals surface area contributed by atoms with E-state index in [-0.39, 0.29) is 0 Å². The van der Waals surface area contributed by atoms with Crippen molar-refractivity contribution in [3.8, 4) is 0 Å². The number of nitrogens with zero attached hydrogens (tertiary/aromatic N) is 1. The zero-order valence-electron chi connectivity index (χ0n) is 12.0. The van der Waals surface area contributed by atoms with Gasteiger partial charge in [0, 0.05) is 25.2 Å². The van der Waals surface area contributed by atoms with Gasteiger partial charge in [-0.15, -0.1) is 0 Å². The number of hydrogen-bond acceptors (Lipinski definition) is 3. The summed E-state index contributed by atoms with van der Waals surface area (Å²) in [7, 11) is 0. The molecular weight excluding hydrogens is 212 g/mol. The summed E-state index contributed by atoms with van der Waals surface area (Å²) in [5.74, 6) is 0.796. The summed E-state index contributed by atoms with van der Waals surface area (Å²) in [6.07, 6.45) is 2.46. The van der Waals surface area contributed by atoms with E-state index in [2.05, 4.69) is 37.9 Å². The first-order chi connectivity index (χ1) is 8.15. The second kappa shape index (κ2) is 8.06. The van der Waals surface area contributed by atoms with Gasteiger partial charge in [-0.2, -0.15) is 0 Å². The number of rotatable bonds is 7. The fraction of sp³-hybridized carbons (Fsp3) is 1.00. The maximum absolute atomic E-state index is 5.55. The van der Waals surface area contributed by atoms with E-state index in [0.717, 1.165) is 38.8 Å². The Morgan fingerprint density at radius 2 is 2.12 bits per heavy atom. The summed E-state index contributed by atoms with van der Waals surface area (Å²) in [6, 6.07) is 1.24. The van der Waals surface area contributed by atoms with Crippen molar-refractivity contribution in [1.82, 2.24) is 10.2 Å². The van der Waals surface area contributed by atoms with Gasteiger partial charge in [0.05, 0.1) is 13.2 Å². The molecule has 0 radical (unpaired) electrons. The molecule has 2 unspecified atom stereocenters. The lowest BCUT2D eigenvalue weighted by atomic mass is 10.1. The Morgan fingerprint density at radius 1 is 1.35 bits per heavy atom. The first-order valence-corrected chi connectivity index (χ1v) is 7.19. The minimum atomic E-state index is 0.616. The zero-order valence-corrected chi connectivity index (χ0v) is 12.0. The van der Waals surface area contributed by atoms with E-state index in [1.165, 1.54) is 12.8 Å². The molecule has 1 saturated heterocycles. The van der Waals surface area contributed by atoms with Crippen LogP contribution in [0.1, 0.15) is 40.5 Å². The summed E-state index contributed by atoms with van der Waals surface area (Å²) in [6.45, 7) is 14.3. The summed E-state index contributed by atoms with van der Waals surface area (Å²) < 4.78 is 5.55. The monoisotopic (exact) mass is 242 g/mol. The van der Waals surface area contributed by atoms with Crippen LogP contribution in [0, 0.1) is 5.92 Å². The third kappa shape index (κ3) is 5.36. The summed E-state index contributed by atoms with van der Waals surface area (Å²) in [5, 5.41) is 3.58. The summed E-state index contributed by atoms with van der Waals surface area (Å²) in [4.78, 5) is 2.60. The van der Waals surface area contributed by atoms with Crippen molar-refractivity contribution in [1.29, 1.82) is 0 Å². The van der Waals surface area contributed by atoms with E-state index in [9.17, 15) is 0 Å². The number of morpholine rings is 1. The molecule has 1 fully saturated rings. The lowest BCUT2D eigenvalue weighted by Gasteiger charge is -2.39. The molecule has 0 aromatic carbocycles. The lowest BCUT2D eigenvalue weighted by Crippen LogP contribution is -2.52. The van der Waals surface area contributed by atoms with Crippen molar-refractivity contribution < 1.29 is 4.74 Å². The number of hydrogen-bond donors (Lipinski definition) is 1. The molecule has 2 atom stereocenters. The maximum Gasteiger partial charge on any atom is 0.0622 e. The van der Waals surface area contributed by atoms with E-state index in [4.69, 9.17) is 4.74 Å². The fourth-order valence-electron chi connectivity index (χ4n) is 2.42. The van der Waals surface area contributed by atoms with Crippen molar-refractivity contribution in [3.63, 3.8) is 0 Å². The third-order valence-electron chi connectivity index (χ3n) is 3.65. The highest BCUT2D eigenvalue weighted by atomic mass is 16.5. The van der Waals surface area contributed by atoms with Crippen LogP contribution in [-0.2, 0) is 4.74 Å². The Labute approximate surface area is 107 Å². The second-order valence-corrected chi connectivity index (χ2v) is 5.61. The topological polar surface area (TPSA) is 24.5 Å². The van der Waals surface area contributed by atoms with Crippen LogP contribution in [-0.4, -0.2) is 49.8 Å². The Bertz CT molecular complexity index is 197. The van der Waals surface area contributed by atoms with E-state index in [1.807, 2.05) is 0 Å². The molecule has 102 valence electrons. The van der Waals surface area contributed by atoms with Crippen molar-refractivity contribution >= 4 is 0 Å². The van der Waals surface area contributed by atoms with Crippen LogP contribution >= 0.6 is 0 Å². The molecule has 0 amide bonds. The molecule has 1 aliphatic heterocycles. The van der Waals surface area contributed by atoms with Gasteiger partial charge >= 0.3 is 0 Å². The summed E-state index contributed by atoms with van der Waals surface area (Å²) >= 11 is 0. The van der Waals surface area contributed by atoms with Crippen molar-refractivity contribution in [2.45, 2.75) is 52.6 Å². The smallest absolute Gasteiger partial charge is 0.0622 e. The average molecular weight is 242 g/mol. The number of nitrogens with one attached hydrogen (secondary N) is 1. The lowest BCUT2D eigenvalue weighted by molar-refractivity contribution is -0.0262. The molecule has 0 aromatic heterocycles. The molecule has 0 aliphatic carbocycles. The standard InChI is InChI=1S/C14H30N2O/c1-5-14-11-17-9-8-16(14)13(4)10-15-7-6-12(2)3/h12-15H,5-11H2,1-4H3. The molecular formula is C14H30N2O. The highest BCUT2D eigenvalue weighted by molar-refractivity contribution is 4.80. The highest BCUT2D eigenvalue weighted by Gasteiger charge is 2.25. The van der Waals surface area contributed by atoms with Gasteiger partial charge in [0.15, 0.2) is 0 Å². The van der Waals surface area contributed by atoms with Crippen LogP contribution in [0.3, 0.4) is 0 Å². The van der Waals surface area contributed by atoms with Crippen LogP contribution in [0.15, 0.2) is 0 Å². The van der Waals surface area contributed by atoms with Gasteiger partial charge in [-0.25, -0.2) is 0 Å². The van der Waals surface area contributed by atoms with Gasteiger partial charge < -0.3 is 10.1 Å². The molecule has 0 saturated carbocycles. The van der Waals surface area contributed by atoms with E-state index in [1.54, 1.807) is 0 Å². The molecule has 3 heteroatoms. The highest BCUT2D eigenvalue weighted by Crippen LogP contribution is 2.13. The van der Waals surface area contributed by atoms with Crippen LogP contribution in [0.4, 0.5) is 0 Å². The zero-order chi connectivity index (χ0) is 12.7. The average Bonchev–Trinajstić information content (AvgIpc) is 2.34. The van der Waals surface area contributed by atoms with Crippen molar-refractivity contribution in [3.05, 3.63) is 0 Å². The largest absolute Gasteiger partial charge is 0.378 e. The SMILES string of the molecule is CCC1COCCN1C(C)CNCCC(C)C. The number of ether oxygens (including phenoxy) is 1. The van der Waals surface area contributed by atoms with Gasteiger partial charge in [0.25, 0.3) is 0 Å². The molecule has 1 heterocycles. The predicted octanol–water partition coefficient (Wildman–Crippen LogP) is 2.12. The van der Waals surface area contributed by atoms with Crippen LogP contribution < -0.4 is 5.32 Å². The van der Waals surface area contributed by atoms with Gasteiger partial charge in [-0.05, 0) is 32.2 Å². The maximum atomic E-state index is 5.55. The van der Waals surface area contributed by atoms with Crippen LogP contribution in [0.2, 0.25) is 0 Å². The quantitative estimate of drug-likeness (QED) is 0.692. The normalized spacial score (nSPS) is 24.2. The van der Waals surface area contributed by atoms with Gasteiger partial charge in [0.2, 0.25) is 0 Å². The summed E-state index contributed by atoms with van der Waals surface area (Å²) in [5.41, 5.74) is 0. The Balaban J connectivity index is 2.22. The Morgan fingerprint density at radius 3 is 2.76 bits per heavy atom. The first-order valence-electron chi connectivity index (χ1n) is 7.19. The van der Waals surface area contributed by atoms with Crippen LogP contribution in [0.25, 0.3) is 0 Å². The molecule has 1 rings (SSSR count). The fourth-order valence-corrected chi connectivity index (χ4v) is 2.42. The molecule has 1 N–H and O–H groups in total. The molecule has 1 aliphatic rings. The molecule has 3 nitrogen and oxygen atoms in total. The van der Waals surface area contributed by atoms with Gasteiger partial charge in [-0.1, -0.05) is 20.8 Å². The van der Waals surface area contributed by atoms with Crippen molar-refractivity contribution in [2.75, 3.05) is 32.8 Å². The molecule has 0 spiro atoms. The molecule has 17 heavy (non-hydrogen) atoms. The minimum Gasteiger partial charge on any atom is -0.378 e. The molecule has 0 bridgehead atoms. The second-order valence-electron chi connectivity index (χ2n) is 5.61. The van der Waals surface area contributed by atoms with E-state index >= 15 is 0 Å². The molecule has 0 aromatic rings. The predicted molar refractivity (Wildman–Crippen MR) is 73.4 cm³/mol.